The zero-order chi connectivity index (χ0) is 16.5. The van der Waals surface area contributed by atoms with Crippen LogP contribution in [-0.4, -0.2) is 24.2 Å². The van der Waals surface area contributed by atoms with E-state index < -0.39 is 7.12 Å². The van der Waals surface area contributed by atoms with Crippen LogP contribution in [0.2, 0.25) is 0 Å². The second-order valence-electron chi connectivity index (χ2n) is 6.60. The maximum atomic E-state index is 11.7. The fourth-order valence-corrected chi connectivity index (χ4v) is 2.34. The molecule has 22 heavy (non-hydrogen) atoms. The van der Waals surface area contributed by atoms with E-state index in [4.69, 9.17) is 9.31 Å². The molecule has 1 heterocycles. The molecule has 0 saturated carbocycles. The average Bonchev–Trinajstić information content (AvgIpc) is 2.61. The molecule has 1 amide bonds. The summed E-state index contributed by atoms with van der Waals surface area (Å²) in [6, 6.07) is 5.76. The maximum absolute atomic E-state index is 11.7. The van der Waals surface area contributed by atoms with E-state index in [-0.39, 0.29) is 17.1 Å². The summed E-state index contributed by atoms with van der Waals surface area (Å²) in [5.74, 6) is -0.142. The predicted octanol–water partition coefficient (Wildman–Crippen LogP) is 2.81. The maximum Gasteiger partial charge on any atom is 0.495 e. The van der Waals surface area contributed by atoms with Crippen molar-refractivity contribution in [3.8, 4) is 0 Å². The van der Waals surface area contributed by atoms with Crippen molar-refractivity contribution in [2.45, 2.75) is 52.7 Å². The Labute approximate surface area is 133 Å². The van der Waals surface area contributed by atoms with Gasteiger partial charge in [-0.15, -0.1) is 0 Å². The van der Waals surface area contributed by atoms with Gasteiger partial charge in [0, 0.05) is 5.69 Å². The van der Waals surface area contributed by atoms with Gasteiger partial charge in [0.05, 0.1) is 11.2 Å². The van der Waals surface area contributed by atoms with Gasteiger partial charge in [0.15, 0.2) is 0 Å². The number of nitrogens with one attached hydrogen (secondary N) is 1. The van der Waals surface area contributed by atoms with Crippen LogP contribution in [0.3, 0.4) is 0 Å². The van der Waals surface area contributed by atoms with Crippen molar-refractivity contribution in [1.29, 1.82) is 0 Å². The van der Waals surface area contributed by atoms with Gasteiger partial charge >= 0.3 is 7.12 Å². The van der Waals surface area contributed by atoms with Crippen LogP contribution in [0.1, 0.15) is 40.2 Å². The van der Waals surface area contributed by atoms with Gasteiger partial charge in [0.1, 0.15) is 0 Å². The SMILES string of the molecule is C/C=C/C(=O)Nc1cccc(B2OC(C)(C)C(C)(C)O2)c1C. The topological polar surface area (TPSA) is 47.6 Å². The smallest absolute Gasteiger partial charge is 0.399 e. The standard InChI is InChI=1S/C17H24BNO3/c1-7-9-15(20)19-14-11-8-10-13(12(14)2)18-21-16(3,4)17(5,6)22-18/h7-11H,1-6H3,(H,19,20)/b9-7+. The molecular formula is C17H24BNO3. The van der Waals surface area contributed by atoms with Crippen LogP contribution in [0.15, 0.2) is 30.4 Å². The number of rotatable bonds is 3. The van der Waals surface area contributed by atoms with E-state index in [0.29, 0.717) is 0 Å². The van der Waals surface area contributed by atoms with Gasteiger partial charge in [-0.05, 0) is 64.7 Å². The number of carbonyl (C=O) groups is 1. The molecule has 0 radical (unpaired) electrons. The number of hydrogen-bond donors (Lipinski definition) is 1. The number of anilines is 1. The lowest BCUT2D eigenvalue weighted by Crippen LogP contribution is -2.41. The summed E-state index contributed by atoms with van der Waals surface area (Å²) in [6.07, 6.45) is 3.21. The summed E-state index contributed by atoms with van der Waals surface area (Å²) < 4.78 is 12.2. The molecular weight excluding hydrogens is 277 g/mol. The number of amides is 1. The molecule has 0 unspecified atom stereocenters. The van der Waals surface area contributed by atoms with Gasteiger partial charge < -0.3 is 14.6 Å². The lowest BCUT2D eigenvalue weighted by atomic mass is 9.76. The number of benzene rings is 1. The summed E-state index contributed by atoms with van der Waals surface area (Å²) in [6.45, 7) is 11.9. The molecule has 0 bridgehead atoms. The summed E-state index contributed by atoms with van der Waals surface area (Å²) in [7, 11) is -0.427. The minimum Gasteiger partial charge on any atom is -0.399 e. The molecule has 1 N–H and O–H groups in total. The van der Waals surface area contributed by atoms with E-state index in [1.165, 1.54) is 6.08 Å². The van der Waals surface area contributed by atoms with E-state index in [1.807, 2.05) is 59.7 Å². The third-order valence-electron chi connectivity index (χ3n) is 4.46. The Balaban J connectivity index is 2.29. The molecule has 118 valence electrons. The van der Waals surface area contributed by atoms with Gasteiger partial charge in [-0.3, -0.25) is 4.79 Å². The van der Waals surface area contributed by atoms with Gasteiger partial charge in [-0.2, -0.15) is 0 Å². The molecule has 1 aliphatic heterocycles. The van der Waals surface area contributed by atoms with Crippen LogP contribution in [0.25, 0.3) is 0 Å². The molecule has 1 aromatic carbocycles. The van der Waals surface area contributed by atoms with Gasteiger partial charge in [0.25, 0.3) is 0 Å². The molecule has 1 aromatic rings. The van der Waals surface area contributed by atoms with E-state index in [2.05, 4.69) is 5.32 Å². The van der Waals surface area contributed by atoms with Crippen molar-refractivity contribution >= 4 is 24.2 Å². The number of carbonyl (C=O) groups excluding carboxylic acids is 1. The van der Waals surface area contributed by atoms with Gasteiger partial charge in [-0.1, -0.05) is 18.2 Å². The third kappa shape index (κ3) is 3.10. The highest BCUT2D eigenvalue weighted by atomic mass is 16.7. The van der Waals surface area contributed by atoms with Crippen molar-refractivity contribution in [1.82, 2.24) is 0 Å². The predicted molar refractivity (Wildman–Crippen MR) is 90.3 cm³/mol. The van der Waals surface area contributed by atoms with Crippen molar-refractivity contribution in [2.75, 3.05) is 5.32 Å². The van der Waals surface area contributed by atoms with Crippen molar-refractivity contribution in [3.05, 3.63) is 35.9 Å². The van der Waals surface area contributed by atoms with Gasteiger partial charge in [0.2, 0.25) is 5.91 Å². The van der Waals surface area contributed by atoms with Crippen LogP contribution >= 0.6 is 0 Å². The molecule has 2 rings (SSSR count). The number of hydrogen-bond acceptors (Lipinski definition) is 3. The summed E-state index contributed by atoms with van der Waals surface area (Å²) in [5, 5.41) is 2.88. The van der Waals surface area contributed by atoms with Crippen molar-refractivity contribution in [3.63, 3.8) is 0 Å². The first-order valence-electron chi connectivity index (χ1n) is 7.57. The highest BCUT2D eigenvalue weighted by Gasteiger charge is 2.52. The molecule has 0 aliphatic carbocycles. The quantitative estimate of drug-likeness (QED) is 0.690. The second kappa shape index (κ2) is 5.90. The Bertz CT molecular complexity index is 592. The molecule has 0 spiro atoms. The molecule has 1 aliphatic rings. The minimum absolute atomic E-state index is 0.142. The highest BCUT2D eigenvalue weighted by molar-refractivity contribution is 6.62. The van der Waals surface area contributed by atoms with E-state index in [1.54, 1.807) is 6.08 Å². The Morgan fingerprint density at radius 2 is 1.77 bits per heavy atom. The van der Waals surface area contributed by atoms with E-state index >= 15 is 0 Å². The minimum atomic E-state index is -0.427. The summed E-state index contributed by atoms with van der Waals surface area (Å²) >= 11 is 0. The van der Waals surface area contributed by atoms with E-state index in [0.717, 1.165) is 16.7 Å². The van der Waals surface area contributed by atoms with Crippen molar-refractivity contribution in [2.24, 2.45) is 0 Å². The van der Waals surface area contributed by atoms with Crippen molar-refractivity contribution < 1.29 is 14.1 Å². The lowest BCUT2D eigenvalue weighted by molar-refractivity contribution is -0.111. The Morgan fingerprint density at radius 3 is 2.32 bits per heavy atom. The first kappa shape index (κ1) is 16.8. The molecule has 0 aromatic heterocycles. The first-order chi connectivity index (χ1) is 10.2. The summed E-state index contributed by atoms with van der Waals surface area (Å²) in [5.41, 5.74) is 1.91. The molecule has 1 fully saturated rings. The van der Waals surface area contributed by atoms with Crippen LogP contribution < -0.4 is 10.8 Å². The second-order valence-corrected chi connectivity index (χ2v) is 6.60. The fourth-order valence-electron chi connectivity index (χ4n) is 2.34. The monoisotopic (exact) mass is 301 g/mol. The molecule has 1 saturated heterocycles. The third-order valence-corrected chi connectivity index (χ3v) is 4.46. The molecule has 4 nitrogen and oxygen atoms in total. The van der Waals surface area contributed by atoms with Gasteiger partial charge in [-0.25, -0.2) is 0 Å². The lowest BCUT2D eigenvalue weighted by Gasteiger charge is -2.32. The van der Waals surface area contributed by atoms with Crippen LogP contribution in [0.5, 0.6) is 0 Å². The normalized spacial score (nSPS) is 19.6. The molecule has 0 atom stereocenters. The fraction of sp³-hybridized carbons (Fsp3) is 0.471. The molecule has 5 heteroatoms. The van der Waals surface area contributed by atoms with Crippen LogP contribution in [0.4, 0.5) is 5.69 Å². The van der Waals surface area contributed by atoms with Crippen LogP contribution in [0, 0.1) is 6.92 Å². The Morgan fingerprint density at radius 1 is 1.18 bits per heavy atom. The first-order valence-corrected chi connectivity index (χ1v) is 7.57. The zero-order valence-electron chi connectivity index (χ0n) is 14.2. The zero-order valence-corrected chi connectivity index (χ0v) is 14.2. The highest BCUT2D eigenvalue weighted by Crippen LogP contribution is 2.36. The van der Waals surface area contributed by atoms with Crippen LogP contribution in [-0.2, 0) is 14.1 Å². The summed E-state index contributed by atoms with van der Waals surface area (Å²) in [4.78, 5) is 11.7. The number of allylic oxidation sites excluding steroid dienone is 1. The average molecular weight is 301 g/mol. The Hall–Kier alpha value is -1.59. The van der Waals surface area contributed by atoms with E-state index in [9.17, 15) is 4.79 Å². The Kier molecular flexibility index (Phi) is 4.50. The largest absolute Gasteiger partial charge is 0.495 e.